The maximum absolute atomic E-state index is 11.6. The van der Waals surface area contributed by atoms with Gasteiger partial charge < -0.3 is 14.6 Å². The van der Waals surface area contributed by atoms with Crippen LogP contribution in [0.5, 0.6) is 5.75 Å². The van der Waals surface area contributed by atoms with E-state index in [-0.39, 0.29) is 13.2 Å². The van der Waals surface area contributed by atoms with Gasteiger partial charge >= 0.3 is 12.1 Å². The predicted octanol–water partition coefficient (Wildman–Crippen LogP) is 1.35. The second kappa shape index (κ2) is 4.95. The number of methoxy groups -OCH3 is 1. The first-order valence-corrected chi connectivity index (χ1v) is 5.43. The molecular formula is C12H13NO5. The molecular weight excluding hydrogens is 238 g/mol. The van der Waals surface area contributed by atoms with E-state index in [2.05, 4.69) is 0 Å². The number of carbonyl (C=O) groups is 2. The molecule has 0 aliphatic carbocycles. The average molecular weight is 251 g/mol. The van der Waals surface area contributed by atoms with Crippen LogP contribution in [0.25, 0.3) is 0 Å². The maximum Gasteiger partial charge on any atom is 0.414 e. The molecule has 1 aliphatic heterocycles. The minimum atomic E-state index is -0.971. The van der Waals surface area contributed by atoms with Crippen LogP contribution in [0, 0.1) is 5.92 Å². The summed E-state index contributed by atoms with van der Waals surface area (Å²) < 4.78 is 9.86. The van der Waals surface area contributed by atoms with Crippen LogP contribution in [0.15, 0.2) is 24.3 Å². The number of carboxylic acid groups (broad SMARTS) is 1. The highest BCUT2D eigenvalue weighted by molar-refractivity contribution is 5.90. The molecule has 1 aromatic carbocycles. The molecule has 1 unspecified atom stereocenters. The first-order chi connectivity index (χ1) is 8.61. The molecule has 2 rings (SSSR count). The van der Waals surface area contributed by atoms with Crippen molar-refractivity contribution in [3.8, 4) is 5.75 Å². The number of anilines is 1. The SMILES string of the molecule is COc1ccc(N2CC(C(=O)O)COC2=O)cc1. The third kappa shape index (κ3) is 2.37. The van der Waals surface area contributed by atoms with E-state index in [4.69, 9.17) is 14.6 Å². The molecule has 0 aromatic heterocycles. The molecule has 1 N–H and O–H groups in total. The number of hydrogen-bond donors (Lipinski definition) is 1. The van der Waals surface area contributed by atoms with Gasteiger partial charge in [0, 0.05) is 12.2 Å². The van der Waals surface area contributed by atoms with Crippen LogP contribution >= 0.6 is 0 Å². The lowest BCUT2D eigenvalue weighted by molar-refractivity contribution is -0.143. The number of ether oxygens (including phenoxy) is 2. The molecule has 1 amide bonds. The topological polar surface area (TPSA) is 76.1 Å². The smallest absolute Gasteiger partial charge is 0.414 e. The third-order valence-corrected chi connectivity index (χ3v) is 2.76. The molecule has 0 radical (unpaired) electrons. The standard InChI is InChI=1S/C12H13NO5/c1-17-10-4-2-9(3-5-10)13-6-8(11(14)15)7-18-12(13)16/h2-5,8H,6-7H2,1H3,(H,14,15). The van der Waals surface area contributed by atoms with Crippen LogP contribution in [0.2, 0.25) is 0 Å². The zero-order valence-corrected chi connectivity index (χ0v) is 9.83. The van der Waals surface area contributed by atoms with E-state index in [0.717, 1.165) is 0 Å². The van der Waals surface area contributed by atoms with Gasteiger partial charge in [0.2, 0.25) is 0 Å². The quantitative estimate of drug-likeness (QED) is 0.877. The summed E-state index contributed by atoms with van der Waals surface area (Å²) in [7, 11) is 1.55. The van der Waals surface area contributed by atoms with Crippen molar-refractivity contribution >= 4 is 17.7 Å². The van der Waals surface area contributed by atoms with E-state index in [0.29, 0.717) is 11.4 Å². The minimum Gasteiger partial charge on any atom is -0.497 e. The van der Waals surface area contributed by atoms with Crippen molar-refractivity contribution in [1.82, 2.24) is 0 Å². The summed E-state index contributed by atoms with van der Waals surface area (Å²) >= 11 is 0. The first-order valence-electron chi connectivity index (χ1n) is 5.43. The number of rotatable bonds is 3. The van der Waals surface area contributed by atoms with Crippen LogP contribution in [0.4, 0.5) is 10.5 Å². The van der Waals surface area contributed by atoms with Gasteiger partial charge in [-0.15, -0.1) is 0 Å². The zero-order chi connectivity index (χ0) is 13.1. The van der Waals surface area contributed by atoms with Gasteiger partial charge in [0.05, 0.1) is 7.11 Å². The lowest BCUT2D eigenvalue weighted by atomic mass is 10.1. The Labute approximate surface area is 104 Å². The highest BCUT2D eigenvalue weighted by Gasteiger charge is 2.32. The van der Waals surface area contributed by atoms with Gasteiger partial charge in [-0.05, 0) is 24.3 Å². The molecule has 1 atom stereocenters. The number of cyclic esters (lactones) is 1. The molecule has 1 aromatic rings. The lowest BCUT2D eigenvalue weighted by Crippen LogP contribution is -2.45. The number of carboxylic acids is 1. The molecule has 1 saturated heterocycles. The summed E-state index contributed by atoms with van der Waals surface area (Å²) in [6.07, 6.45) is -0.530. The zero-order valence-electron chi connectivity index (χ0n) is 9.83. The molecule has 96 valence electrons. The van der Waals surface area contributed by atoms with Gasteiger partial charge in [0.15, 0.2) is 0 Å². The fourth-order valence-corrected chi connectivity index (χ4v) is 1.72. The van der Waals surface area contributed by atoms with Gasteiger partial charge in [0.25, 0.3) is 0 Å². The van der Waals surface area contributed by atoms with Gasteiger partial charge in [-0.25, -0.2) is 4.79 Å². The number of amides is 1. The van der Waals surface area contributed by atoms with Gasteiger partial charge in [-0.2, -0.15) is 0 Å². The van der Waals surface area contributed by atoms with Crippen LogP contribution in [-0.4, -0.2) is 37.4 Å². The highest BCUT2D eigenvalue weighted by atomic mass is 16.6. The van der Waals surface area contributed by atoms with E-state index in [1.807, 2.05) is 0 Å². The Morgan fingerprint density at radius 3 is 2.67 bits per heavy atom. The Morgan fingerprint density at radius 2 is 2.11 bits per heavy atom. The number of nitrogens with zero attached hydrogens (tertiary/aromatic N) is 1. The van der Waals surface area contributed by atoms with E-state index < -0.39 is 18.0 Å². The van der Waals surface area contributed by atoms with Crippen LogP contribution < -0.4 is 9.64 Å². The number of aliphatic carboxylic acids is 1. The van der Waals surface area contributed by atoms with E-state index in [1.54, 1.807) is 31.4 Å². The highest BCUT2D eigenvalue weighted by Crippen LogP contribution is 2.23. The fraction of sp³-hybridized carbons (Fsp3) is 0.333. The fourth-order valence-electron chi connectivity index (χ4n) is 1.72. The maximum atomic E-state index is 11.6. The van der Waals surface area contributed by atoms with Gasteiger partial charge in [-0.1, -0.05) is 0 Å². The summed E-state index contributed by atoms with van der Waals surface area (Å²) in [6.45, 7) is 0.0291. The summed E-state index contributed by atoms with van der Waals surface area (Å²) in [5, 5.41) is 8.93. The van der Waals surface area contributed by atoms with Crippen LogP contribution in [0.3, 0.4) is 0 Å². The predicted molar refractivity (Wildman–Crippen MR) is 62.8 cm³/mol. The average Bonchev–Trinajstić information content (AvgIpc) is 2.39. The summed E-state index contributed by atoms with van der Waals surface area (Å²) in [6, 6.07) is 6.77. The van der Waals surface area contributed by atoms with Crippen molar-refractivity contribution in [2.75, 3.05) is 25.2 Å². The Morgan fingerprint density at radius 1 is 1.44 bits per heavy atom. The summed E-state index contributed by atoms with van der Waals surface area (Å²) in [4.78, 5) is 23.8. The first kappa shape index (κ1) is 12.2. The molecule has 1 fully saturated rings. The molecule has 0 bridgehead atoms. The second-order valence-corrected chi connectivity index (χ2v) is 3.92. The van der Waals surface area contributed by atoms with Crippen molar-refractivity contribution in [3.05, 3.63) is 24.3 Å². The molecule has 0 spiro atoms. The van der Waals surface area contributed by atoms with E-state index >= 15 is 0 Å². The number of benzene rings is 1. The largest absolute Gasteiger partial charge is 0.497 e. The van der Waals surface area contributed by atoms with Crippen molar-refractivity contribution in [2.24, 2.45) is 5.92 Å². The van der Waals surface area contributed by atoms with Crippen LogP contribution in [0.1, 0.15) is 0 Å². The Hall–Kier alpha value is -2.24. The Balaban J connectivity index is 2.18. The molecule has 6 nitrogen and oxygen atoms in total. The second-order valence-electron chi connectivity index (χ2n) is 3.92. The summed E-state index contributed by atoms with van der Waals surface area (Å²) in [5.74, 6) is -1.01. The number of carbonyl (C=O) groups excluding carboxylic acids is 1. The Kier molecular flexibility index (Phi) is 3.36. The van der Waals surface area contributed by atoms with E-state index in [1.165, 1.54) is 4.90 Å². The lowest BCUT2D eigenvalue weighted by Gasteiger charge is -2.30. The van der Waals surface area contributed by atoms with Crippen molar-refractivity contribution < 1.29 is 24.2 Å². The van der Waals surface area contributed by atoms with Crippen molar-refractivity contribution in [2.45, 2.75) is 0 Å². The monoisotopic (exact) mass is 251 g/mol. The molecule has 18 heavy (non-hydrogen) atoms. The van der Waals surface area contributed by atoms with Crippen molar-refractivity contribution in [3.63, 3.8) is 0 Å². The molecule has 1 aliphatic rings. The minimum absolute atomic E-state index is 0.0825. The third-order valence-electron chi connectivity index (χ3n) is 2.76. The van der Waals surface area contributed by atoms with Gasteiger partial charge in [-0.3, -0.25) is 9.69 Å². The van der Waals surface area contributed by atoms with Gasteiger partial charge in [0.1, 0.15) is 18.3 Å². The van der Waals surface area contributed by atoms with Crippen LogP contribution in [-0.2, 0) is 9.53 Å². The molecule has 6 heteroatoms. The summed E-state index contributed by atoms with van der Waals surface area (Å²) in [5.41, 5.74) is 0.590. The molecule has 0 saturated carbocycles. The molecule has 1 heterocycles. The number of hydrogen-bond acceptors (Lipinski definition) is 4. The Bertz CT molecular complexity index is 456. The van der Waals surface area contributed by atoms with E-state index in [9.17, 15) is 9.59 Å². The van der Waals surface area contributed by atoms with Crippen molar-refractivity contribution in [1.29, 1.82) is 0 Å². The normalized spacial score (nSPS) is 19.3.